The van der Waals surface area contributed by atoms with Gasteiger partial charge in [-0.3, -0.25) is 14.6 Å². The Hall–Kier alpha value is -2.89. The van der Waals surface area contributed by atoms with Crippen LogP contribution in [-0.2, 0) is 4.79 Å². The molecule has 136 valence electrons. The van der Waals surface area contributed by atoms with Crippen LogP contribution in [0.3, 0.4) is 0 Å². The molecule has 0 spiro atoms. The third-order valence-electron chi connectivity index (χ3n) is 4.55. The van der Waals surface area contributed by atoms with E-state index in [-0.39, 0.29) is 18.5 Å². The van der Waals surface area contributed by atoms with Crippen LogP contribution in [0.1, 0.15) is 30.1 Å². The van der Waals surface area contributed by atoms with Crippen LogP contribution >= 0.6 is 0 Å². The van der Waals surface area contributed by atoms with Gasteiger partial charge in [0.25, 0.3) is 5.91 Å². The molecule has 0 saturated heterocycles. The molecule has 6 nitrogen and oxygen atoms in total. The summed E-state index contributed by atoms with van der Waals surface area (Å²) in [6.45, 7) is 1.84. The van der Waals surface area contributed by atoms with E-state index in [0.717, 1.165) is 29.7 Å². The van der Waals surface area contributed by atoms with Gasteiger partial charge in [-0.25, -0.2) is 0 Å². The zero-order valence-corrected chi connectivity index (χ0v) is 14.9. The molecule has 3 rings (SSSR count). The smallest absolute Gasteiger partial charge is 0.308 e. The van der Waals surface area contributed by atoms with Crippen molar-refractivity contribution in [3.8, 4) is 16.9 Å². The lowest BCUT2D eigenvalue weighted by atomic mass is 10.0. The topological polar surface area (TPSA) is 79.7 Å². The summed E-state index contributed by atoms with van der Waals surface area (Å²) in [6, 6.07) is 9.47. The molecule has 1 aliphatic rings. The van der Waals surface area contributed by atoms with Crippen molar-refractivity contribution in [2.24, 2.45) is 5.92 Å². The van der Waals surface area contributed by atoms with E-state index in [0.29, 0.717) is 5.56 Å². The van der Waals surface area contributed by atoms with Gasteiger partial charge in [0.1, 0.15) is 5.75 Å². The normalized spacial score (nSPS) is 14.5. The van der Waals surface area contributed by atoms with E-state index in [4.69, 9.17) is 9.84 Å². The minimum absolute atomic E-state index is 0.133. The molecule has 1 atom stereocenters. The lowest BCUT2D eigenvalue weighted by Gasteiger charge is -2.24. The summed E-state index contributed by atoms with van der Waals surface area (Å²) in [5, 5.41) is 9.16. The zero-order chi connectivity index (χ0) is 18.7. The minimum Gasteiger partial charge on any atom is -0.497 e. The van der Waals surface area contributed by atoms with E-state index in [2.05, 4.69) is 4.98 Å². The number of carboxylic acid groups (broad SMARTS) is 1. The molecular weight excluding hydrogens is 332 g/mol. The molecule has 0 aliphatic heterocycles. The second-order valence-electron chi connectivity index (χ2n) is 6.62. The summed E-state index contributed by atoms with van der Waals surface area (Å²) in [6.07, 6.45) is 5.09. The van der Waals surface area contributed by atoms with Crippen LogP contribution in [0.5, 0.6) is 5.75 Å². The predicted molar refractivity (Wildman–Crippen MR) is 97.1 cm³/mol. The van der Waals surface area contributed by atoms with Crippen LogP contribution in [0.15, 0.2) is 42.7 Å². The van der Waals surface area contributed by atoms with Crippen molar-refractivity contribution in [2.75, 3.05) is 13.7 Å². The largest absolute Gasteiger partial charge is 0.497 e. The average Bonchev–Trinajstić information content (AvgIpc) is 3.50. The SMILES string of the molecule is COc1ccc(-c2cncc(C(=O)N(CC(C)C(=O)O)C3CC3)c2)cc1. The molecule has 26 heavy (non-hydrogen) atoms. The second kappa shape index (κ2) is 7.56. The highest BCUT2D eigenvalue weighted by Gasteiger charge is 2.35. The van der Waals surface area contributed by atoms with Gasteiger partial charge in [0, 0.05) is 30.5 Å². The maximum absolute atomic E-state index is 12.9. The number of pyridine rings is 1. The molecule has 1 unspecified atom stereocenters. The number of hydrogen-bond acceptors (Lipinski definition) is 4. The Labute approximate surface area is 152 Å². The van der Waals surface area contributed by atoms with Gasteiger partial charge in [-0.2, -0.15) is 0 Å². The standard InChI is InChI=1S/C20H22N2O4/c1-13(20(24)25)12-22(17-5-6-17)19(23)16-9-15(10-21-11-16)14-3-7-18(26-2)8-4-14/h3-4,7-11,13,17H,5-6,12H2,1-2H3,(H,24,25). The Bertz CT molecular complexity index is 800. The van der Waals surface area contributed by atoms with Gasteiger partial charge >= 0.3 is 5.97 Å². The van der Waals surface area contributed by atoms with Crippen LogP contribution < -0.4 is 4.74 Å². The first-order valence-corrected chi connectivity index (χ1v) is 8.63. The first-order chi connectivity index (χ1) is 12.5. The number of carbonyl (C=O) groups excluding carboxylic acids is 1. The summed E-state index contributed by atoms with van der Waals surface area (Å²) < 4.78 is 5.16. The van der Waals surface area contributed by atoms with Gasteiger partial charge < -0.3 is 14.7 Å². The maximum Gasteiger partial charge on any atom is 0.308 e. The number of hydrogen-bond donors (Lipinski definition) is 1. The summed E-state index contributed by atoms with van der Waals surface area (Å²) in [7, 11) is 1.61. The molecule has 1 amide bonds. The van der Waals surface area contributed by atoms with Crippen LogP contribution in [0.25, 0.3) is 11.1 Å². The second-order valence-corrected chi connectivity index (χ2v) is 6.62. The monoisotopic (exact) mass is 354 g/mol. The molecule has 1 saturated carbocycles. The number of aliphatic carboxylic acids is 1. The van der Waals surface area contributed by atoms with Gasteiger partial charge in [0.05, 0.1) is 18.6 Å². The zero-order valence-electron chi connectivity index (χ0n) is 14.9. The number of carbonyl (C=O) groups is 2. The van der Waals surface area contributed by atoms with Crippen molar-refractivity contribution >= 4 is 11.9 Å². The Kier molecular flexibility index (Phi) is 5.21. The molecule has 1 aromatic heterocycles. The third-order valence-corrected chi connectivity index (χ3v) is 4.55. The van der Waals surface area contributed by atoms with Crippen LogP contribution in [0, 0.1) is 5.92 Å². The predicted octanol–water partition coefficient (Wildman–Crippen LogP) is 3.08. The molecule has 6 heteroatoms. The first kappa shape index (κ1) is 17.9. The number of carboxylic acids is 1. The molecule has 2 aromatic rings. The lowest BCUT2D eigenvalue weighted by Crippen LogP contribution is -2.38. The summed E-state index contributed by atoms with van der Waals surface area (Å²) in [5.41, 5.74) is 2.24. The van der Waals surface area contributed by atoms with E-state index < -0.39 is 11.9 Å². The quantitative estimate of drug-likeness (QED) is 0.826. The van der Waals surface area contributed by atoms with Gasteiger partial charge in [-0.15, -0.1) is 0 Å². The Morgan fingerprint density at radius 2 is 1.92 bits per heavy atom. The van der Waals surface area contributed by atoms with Crippen LogP contribution in [0.2, 0.25) is 0 Å². The Morgan fingerprint density at radius 3 is 2.50 bits per heavy atom. The summed E-state index contributed by atoms with van der Waals surface area (Å²) >= 11 is 0. The first-order valence-electron chi connectivity index (χ1n) is 8.63. The number of methoxy groups -OCH3 is 1. The van der Waals surface area contributed by atoms with Gasteiger partial charge in [0.15, 0.2) is 0 Å². The highest BCUT2D eigenvalue weighted by atomic mass is 16.5. The highest BCUT2D eigenvalue weighted by molar-refractivity contribution is 5.95. The number of benzene rings is 1. The fourth-order valence-corrected chi connectivity index (χ4v) is 2.82. The number of aromatic nitrogens is 1. The number of ether oxygens (including phenoxy) is 1. The van der Waals surface area contributed by atoms with Crippen molar-refractivity contribution in [3.63, 3.8) is 0 Å². The van der Waals surface area contributed by atoms with Crippen molar-refractivity contribution < 1.29 is 19.4 Å². The average molecular weight is 354 g/mol. The molecule has 1 aliphatic carbocycles. The van der Waals surface area contributed by atoms with Crippen molar-refractivity contribution in [1.29, 1.82) is 0 Å². The minimum atomic E-state index is -0.895. The van der Waals surface area contributed by atoms with Crippen LogP contribution in [-0.4, -0.2) is 46.6 Å². The van der Waals surface area contributed by atoms with E-state index in [9.17, 15) is 9.59 Å². The van der Waals surface area contributed by atoms with Gasteiger partial charge in [0.2, 0.25) is 0 Å². The van der Waals surface area contributed by atoms with Crippen molar-refractivity contribution in [2.45, 2.75) is 25.8 Å². The van der Waals surface area contributed by atoms with Crippen molar-refractivity contribution in [1.82, 2.24) is 9.88 Å². The lowest BCUT2D eigenvalue weighted by molar-refractivity contribution is -0.141. The van der Waals surface area contributed by atoms with E-state index in [1.165, 1.54) is 6.20 Å². The highest BCUT2D eigenvalue weighted by Crippen LogP contribution is 2.30. The molecule has 0 bridgehead atoms. The number of rotatable bonds is 7. The molecule has 1 N–H and O–H groups in total. The van der Waals surface area contributed by atoms with Crippen LogP contribution in [0.4, 0.5) is 0 Å². The third kappa shape index (κ3) is 4.02. The maximum atomic E-state index is 12.9. The Morgan fingerprint density at radius 1 is 1.23 bits per heavy atom. The summed E-state index contributed by atoms with van der Waals surface area (Å²) in [5.74, 6) is -0.897. The number of nitrogens with zero attached hydrogens (tertiary/aromatic N) is 2. The van der Waals surface area contributed by atoms with Crippen molar-refractivity contribution in [3.05, 3.63) is 48.3 Å². The summed E-state index contributed by atoms with van der Waals surface area (Å²) in [4.78, 5) is 30.0. The molecule has 1 heterocycles. The Balaban J connectivity index is 1.83. The number of amides is 1. The van der Waals surface area contributed by atoms with Gasteiger partial charge in [-0.05, 0) is 36.6 Å². The van der Waals surface area contributed by atoms with E-state index >= 15 is 0 Å². The molecular formula is C20H22N2O4. The fraction of sp³-hybridized carbons (Fsp3) is 0.350. The van der Waals surface area contributed by atoms with E-state index in [1.807, 2.05) is 24.3 Å². The fourth-order valence-electron chi connectivity index (χ4n) is 2.82. The molecule has 1 aromatic carbocycles. The molecule has 1 fully saturated rings. The van der Waals surface area contributed by atoms with Gasteiger partial charge in [-0.1, -0.05) is 19.1 Å². The molecule has 0 radical (unpaired) electrons. The van der Waals surface area contributed by atoms with E-state index in [1.54, 1.807) is 31.2 Å².